The lowest BCUT2D eigenvalue weighted by atomic mass is 10.0. The maximum Gasteiger partial charge on any atom is 0.0998 e. The lowest BCUT2D eigenvalue weighted by molar-refractivity contribution is 1.13. The van der Waals surface area contributed by atoms with Gasteiger partial charge in [-0.1, -0.05) is 41.4 Å². The molecule has 20 heavy (non-hydrogen) atoms. The van der Waals surface area contributed by atoms with Crippen molar-refractivity contribution < 1.29 is 0 Å². The molecule has 0 saturated heterocycles. The first-order chi connectivity index (χ1) is 9.79. The van der Waals surface area contributed by atoms with Gasteiger partial charge in [-0.25, -0.2) is 0 Å². The van der Waals surface area contributed by atoms with Gasteiger partial charge >= 0.3 is 0 Å². The molecule has 0 unspecified atom stereocenters. The van der Waals surface area contributed by atoms with Crippen LogP contribution in [0.2, 0.25) is 0 Å². The highest BCUT2D eigenvalue weighted by molar-refractivity contribution is 7.58. The number of hydrogen-bond donors (Lipinski definition) is 0. The molecule has 0 bridgehead atoms. The van der Waals surface area contributed by atoms with E-state index in [-0.39, 0.29) is 0 Å². The maximum atomic E-state index is 9.31. The summed E-state index contributed by atoms with van der Waals surface area (Å²) in [5, 5.41) is 11.7. The number of nitrogens with zero attached hydrogens (tertiary/aromatic N) is 2. The minimum atomic E-state index is 0.359. The molecule has 1 aromatic carbocycles. The highest BCUT2D eigenvalue weighted by atomic mass is 32.1. The minimum Gasteiger partial charge on any atom is -0.759 e. The molecule has 0 fully saturated rings. The van der Waals surface area contributed by atoms with E-state index in [9.17, 15) is 5.26 Å². The maximum absolute atomic E-state index is 9.31. The Morgan fingerprint density at radius 3 is 2.55 bits per heavy atom. The van der Waals surface area contributed by atoms with Crippen molar-refractivity contribution in [1.82, 2.24) is 4.98 Å². The second kappa shape index (κ2) is 5.41. The highest BCUT2D eigenvalue weighted by Gasteiger charge is 2.10. The molecule has 2 nitrogen and oxygen atoms in total. The van der Waals surface area contributed by atoms with Crippen molar-refractivity contribution >= 4 is 24.0 Å². The molecule has 2 aromatic heterocycles. The van der Waals surface area contributed by atoms with Crippen LogP contribution >= 0.6 is 11.3 Å². The lowest BCUT2D eigenvalue weighted by Crippen LogP contribution is -1.94. The number of nitriles is 1. The topological polar surface area (TPSA) is 36.7 Å². The molecule has 0 radical (unpaired) electrons. The fraction of sp³-hybridized carbons (Fsp3) is 0. The zero-order chi connectivity index (χ0) is 13.9. The summed E-state index contributed by atoms with van der Waals surface area (Å²) >= 11 is 6.86. The second-order valence-electron chi connectivity index (χ2n) is 4.19. The predicted octanol–water partition coefficient (Wildman–Crippen LogP) is 4.25. The molecule has 3 rings (SSSR count). The predicted molar refractivity (Wildman–Crippen MR) is 83.3 cm³/mol. The summed E-state index contributed by atoms with van der Waals surface area (Å²) in [6, 6.07) is 17.9. The van der Waals surface area contributed by atoms with Crippen LogP contribution in [0.3, 0.4) is 0 Å². The molecule has 0 atom stereocenters. The van der Waals surface area contributed by atoms with E-state index in [0.717, 1.165) is 21.7 Å². The van der Waals surface area contributed by atoms with Crippen molar-refractivity contribution in [1.29, 1.82) is 5.26 Å². The van der Waals surface area contributed by atoms with Crippen LogP contribution in [0.15, 0.2) is 58.9 Å². The van der Waals surface area contributed by atoms with Crippen molar-refractivity contribution in [2.24, 2.45) is 0 Å². The lowest BCUT2D eigenvalue weighted by Gasteiger charge is -2.14. The molecule has 3 aromatic rings. The first-order valence-electron chi connectivity index (χ1n) is 6.01. The van der Waals surface area contributed by atoms with E-state index < -0.39 is 0 Å². The van der Waals surface area contributed by atoms with Crippen LogP contribution in [-0.4, -0.2) is 4.98 Å². The van der Waals surface area contributed by atoms with Gasteiger partial charge in [-0.05, 0) is 17.5 Å². The third kappa shape index (κ3) is 2.29. The SMILES string of the molecule is N#Cc1c(-c2cccs2)cc(-c2ccccc2)nc1[S-]. The Morgan fingerprint density at radius 2 is 1.90 bits per heavy atom. The van der Waals surface area contributed by atoms with E-state index in [0.29, 0.717) is 10.6 Å². The minimum absolute atomic E-state index is 0.359. The normalized spacial score (nSPS) is 10.2. The molecule has 0 amide bonds. The molecule has 2 heterocycles. The van der Waals surface area contributed by atoms with E-state index in [1.165, 1.54) is 0 Å². The molecule has 0 aliphatic rings. The third-order valence-electron chi connectivity index (χ3n) is 2.95. The summed E-state index contributed by atoms with van der Waals surface area (Å²) in [6.07, 6.45) is 0. The molecule has 0 aliphatic heterocycles. The Morgan fingerprint density at radius 1 is 1.10 bits per heavy atom. The number of aromatic nitrogens is 1. The molecule has 0 spiro atoms. The van der Waals surface area contributed by atoms with Gasteiger partial charge in [-0.3, -0.25) is 4.98 Å². The van der Waals surface area contributed by atoms with Crippen LogP contribution < -0.4 is 0 Å². The van der Waals surface area contributed by atoms with Crippen molar-refractivity contribution in [2.45, 2.75) is 5.03 Å². The van der Waals surface area contributed by atoms with Crippen molar-refractivity contribution in [2.75, 3.05) is 0 Å². The average molecular weight is 293 g/mol. The Kier molecular flexibility index (Phi) is 3.46. The van der Waals surface area contributed by atoms with Gasteiger partial charge in [-0.2, -0.15) is 5.26 Å². The van der Waals surface area contributed by atoms with Gasteiger partial charge in [0.2, 0.25) is 0 Å². The fourth-order valence-electron chi connectivity index (χ4n) is 2.01. The Balaban J connectivity index is 2.24. The summed E-state index contributed by atoms with van der Waals surface area (Å²) in [6.45, 7) is 0. The number of thiophene rings is 1. The Hall–Kier alpha value is -2.22. The third-order valence-corrected chi connectivity index (χ3v) is 4.15. The van der Waals surface area contributed by atoms with E-state index >= 15 is 0 Å². The van der Waals surface area contributed by atoms with Gasteiger partial charge in [0, 0.05) is 16.0 Å². The quantitative estimate of drug-likeness (QED) is 0.663. The van der Waals surface area contributed by atoms with Crippen LogP contribution in [0.25, 0.3) is 21.7 Å². The van der Waals surface area contributed by atoms with Crippen LogP contribution in [0, 0.1) is 11.3 Å². The van der Waals surface area contributed by atoms with E-state index in [4.69, 9.17) is 12.6 Å². The average Bonchev–Trinajstić information content (AvgIpc) is 3.01. The molecule has 96 valence electrons. The van der Waals surface area contributed by atoms with Gasteiger partial charge in [0.15, 0.2) is 0 Å². The largest absolute Gasteiger partial charge is 0.759 e. The molecule has 0 N–H and O–H groups in total. The zero-order valence-electron chi connectivity index (χ0n) is 10.4. The van der Waals surface area contributed by atoms with E-state index in [1.807, 2.05) is 53.9 Å². The second-order valence-corrected chi connectivity index (χ2v) is 5.52. The van der Waals surface area contributed by atoms with Gasteiger partial charge in [0.05, 0.1) is 17.3 Å². The smallest absolute Gasteiger partial charge is 0.0998 e. The summed E-state index contributed by atoms with van der Waals surface area (Å²) in [4.78, 5) is 5.42. The Bertz CT molecular complexity index is 772. The zero-order valence-corrected chi connectivity index (χ0v) is 12.0. The Labute approximate surface area is 126 Å². The van der Waals surface area contributed by atoms with Crippen LogP contribution in [0.5, 0.6) is 0 Å². The number of rotatable bonds is 2. The van der Waals surface area contributed by atoms with Crippen LogP contribution in [0.4, 0.5) is 0 Å². The number of pyridine rings is 1. The molecule has 4 heteroatoms. The van der Waals surface area contributed by atoms with E-state index in [1.54, 1.807) is 11.3 Å². The monoisotopic (exact) mass is 293 g/mol. The van der Waals surface area contributed by atoms with Crippen molar-refractivity contribution in [3.8, 4) is 27.8 Å². The van der Waals surface area contributed by atoms with Crippen LogP contribution in [0.1, 0.15) is 5.56 Å². The summed E-state index contributed by atoms with van der Waals surface area (Å²) < 4.78 is 0. The van der Waals surface area contributed by atoms with Gasteiger partial charge < -0.3 is 12.6 Å². The number of benzene rings is 1. The summed E-state index contributed by atoms with van der Waals surface area (Å²) in [7, 11) is 0. The first-order valence-corrected chi connectivity index (χ1v) is 7.30. The summed E-state index contributed by atoms with van der Waals surface area (Å²) in [5.41, 5.74) is 3.14. The van der Waals surface area contributed by atoms with Gasteiger partial charge in [0.25, 0.3) is 0 Å². The first kappa shape index (κ1) is 12.8. The van der Waals surface area contributed by atoms with E-state index in [2.05, 4.69) is 11.1 Å². The van der Waals surface area contributed by atoms with Crippen LogP contribution in [-0.2, 0) is 12.6 Å². The molecular formula is C16H9N2S2-. The summed E-state index contributed by atoms with van der Waals surface area (Å²) in [5.74, 6) is 0. The number of hydrogen-bond acceptors (Lipinski definition) is 4. The fourth-order valence-corrected chi connectivity index (χ4v) is 3.02. The molecule has 0 aliphatic carbocycles. The van der Waals surface area contributed by atoms with Gasteiger partial charge in [-0.15, -0.1) is 11.3 Å². The van der Waals surface area contributed by atoms with Crippen molar-refractivity contribution in [3.05, 3.63) is 59.5 Å². The molecular weight excluding hydrogens is 284 g/mol. The molecule has 0 saturated carbocycles. The van der Waals surface area contributed by atoms with Gasteiger partial charge in [0.1, 0.15) is 0 Å². The van der Waals surface area contributed by atoms with Crippen molar-refractivity contribution in [3.63, 3.8) is 0 Å². The highest BCUT2D eigenvalue weighted by Crippen LogP contribution is 2.32. The standard InChI is InChI=1S/C16H10N2S2/c17-10-13-12(15-7-4-8-20-15)9-14(18-16(13)19)11-5-2-1-3-6-11/h1-9H,(H,18,19)/p-1.